The number of sulfone groups is 1. The molecular formula is C14H10F3N3O5S2. The average Bonchev–Trinajstić information content (AvgIpc) is 2.93. The summed E-state index contributed by atoms with van der Waals surface area (Å²) in [6, 6.07) is 4.04. The van der Waals surface area contributed by atoms with Crippen molar-refractivity contribution in [1.82, 2.24) is 5.32 Å². The second-order valence-corrected chi connectivity index (χ2v) is 7.73. The van der Waals surface area contributed by atoms with Crippen molar-refractivity contribution in [3.63, 3.8) is 0 Å². The zero-order valence-electron chi connectivity index (χ0n) is 13.4. The highest BCUT2D eigenvalue weighted by atomic mass is 32.2. The second-order valence-electron chi connectivity index (χ2n) is 4.76. The first kappa shape index (κ1) is 20.6. The number of carbonyl (C=O) groups excluding carboxylic acids is 2. The van der Waals surface area contributed by atoms with Gasteiger partial charge in [0.1, 0.15) is 0 Å². The van der Waals surface area contributed by atoms with E-state index in [2.05, 4.69) is 20.3 Å². The second kappa shape index (κ2) is 7.92. The summed E-state index contributed by atoms with van der Waals surface area (Å²) < 4.78 is 64.9. The normalized spacial score (nSPS) is 18.3. The summed E-state index contributed by atoms with van der Waals surface area (Å²) in [6.07, 6.45) is 1.97. The zero-order chi connectivity index (χ0) is 20.2. The first-order valence-electron chi connectivity index (χ1n) is 6.86. The number of amidine groups is 1. The number of alkyl halides is 3. The Balaban J connectivity index is 2.17. The van der Waals surface area contributed by atoms with Crippen molar-refractivity contribution in [2.24, 2.45) is 10.2 Å². The number of thioether (sulfide) groups is 1. The van der Waals surface area contributed by atoms with Gasteiger partial charge in [-0.05, 0) is 29.5 Å². The Kier molecular flexibility index (Phi) is 6.05. The predicted octanol–water partition coefficient (Wildman–Crippen LogP) is 1.59. The number of benzene rings is 1. The van der Waals surface area contributed by atoms with Crippen molar-refractivity contribution in [3.05, 3.63) is 40.8 Å². The first-order valence-corrected chi connectivity index (χ1v) is 9.16. The Morgan fingerprint density at radius 1 is 1.33 bits per heavy atom. The topological polar surface area (TPSA) is 114 Å². The van der Waals surface area contributed by atoms with Crippen LogP contribution in [-0.4, -0.2) is 44.3 Å². The lowest BCUT2D eigenvalue weighted by atomic mass is 10.2. The Labute approximate surface area is 155 Å². The van der Waals surface area contributed by atoms with Gasteiger partial charge in [0.15, 0.2) is 5.17 Å². The smallest absolute Gasteiger partial charge is 0.466 e. The first-order chi connectivity index (χ1) is 12.5. The third-order valence-electron chi connectivity index (χ3n) is 2.93. The third kappa shape index (κ3) is 4.95. The van der Waals surface area contributed by atoms with E-state index < -0.39 is 32.1 Å². The van der Waals surface area contributed by atoms with E-state index in [0.29, 0.717) is 0 Å². The van der Waals surface area contributed by atoms with Crippen LogP contribution in [-0.2, 0) is 24.2 Å². The molecule has 0 spiro atoms. The lowest BCUT2D eigenvalue weighted by Crippen LogP contribution is -2.23. The van der Waals surface area contributed by atoms with Crippen molar-refractivity contribution in [2.45, 2.75) is 10.4 Å². The van der Waals surface area contributed by atoms with Gasteiger partial charge in [0.25, 0.3) is 15.7 Å². The Morgan fingerprint density at radius 3 is 2.67 bits per heavy atom. The van der Waals surface area contributed by atoms with Gasteiger partial charge in [-0.2, -0.15) is 18.3 Å². The van der Waals surface area contributed by atoms with Crippen LogP contribution < -0.4 is 5.32 Å². The molecule has 2 rings (SSSR count). The number of hydrogen-bond donors (Lipinski definition) is 1. The van der Waals surface area contributed by atoms with Gasteiger partial charge < -0.3 is 4.74 Å². The predicted molar refractivity (Wildman–Crippen MR) is 90.5 cm³/mol. The van der Waals surface area contributed by atoms with Gasteiger partial charge in [-0.15, -0.1) is 5.10 Å². The number of amides is 1. The molecule has 1 saturated heterocycles. The molecule has 0 unspecified atom stereocenters. The van der Waals surface area contributed by atoms with Crippen molar-refractivity contribution < 1.29 is 35.9 Å². The minimum atomic E-state index is -5.48. The summed E-state index contributed by atoms with van der Waals surface area (Å²) in [5, 5.41) is 9.56. The van der Waals surface area contributed by atoms with Gasteiger partial charge in [0.2, 0.25) is 0 Å². The molecule has 0 radical (unpaired) electrons. The molecule has 0 aromatic heterocycles. The molecule has 0 saturated carbocycles. The van der Waals surface area contributed by atoms with Gasteiger partial charge in [-0.1, -0.05) is 12.1 Å². The Hall–Kier alpha value is -2.67. The Morgan fingerprint density at radius 2 is 2.04 bits per heavy atom. The van der Waals surface area contributed by atoms with E-state index in [4.69, 9.17) is 0 Å². The van der Waals surface area contributed by atoms with Crippen molar-refractivity contribution in [2.75, 3.05) is 7.11 Å². The van der Waals surface area contributed by atoms with Gasteiger partial charge in [0.05, 0.1) is 23.1 Å². The van der Waals surface area contributed by atoms with E-state index in [1.165, 1.54) is 6.07 Å². The van der Waals surface area contributed by atoms with Crippen LogP contribution in [0.15, 0.2) is 50.3 Å². The molecule has 27 heavy (non-hydrogen) atoms. The number of nitrogens with zero attached hydrogens (tertiary/aromatic N) is 2. The number of carbonyl (C=O) groups is 2. The average molecular weight is 421 g/mol. The minimum absolute atomic E-state index is 0.0190. The zero-order valence-corrected chi connectivity index (χ0v) is 15.0. The van der Waals surface area contributed by atoms with Crippen LogP contribution in [0.5, 0.6) is 0 Å². The number of rotatable bonds is 4. The molecule has 8 nitrogen and oxygen atoms in total. The van der Waals surface area contributed by atoms with E-state index >= 15 is 0 Å². The van der Waals surface area contributed by atoms with Gasteiger partial charge in [-0.3, -0.25) is 10.1 Å². The number of methoxy groups -OCH3 is 1. The highest BCUT2D eigenvalue weighted by Crippen LogP contribution is 2.30. The summed E-state index contributed by atoms with van der Waals surface area (Å²) in [7, 11) is -4.34. The third-order valence-corrected chi connectivity index (χ3v) is 5.31. The highest BCUT2D eigenvalue weighted by Gasteiger charge is 2.46. The highest BCUT2D eigenvalue weighted by molar-refractivity contribution is 8.18. The molecule has 1 N–H and O–H groups in total. The molecule has 144 valence electrons. The summed E-state index contributed by atoms with van der Waals surface area (Å²) in [5.74, 6) is -1.34. The SMILES string of the molecule is COC(=O)/C=C1/S/C(=N\N=Cc2cccc(S(=O)(=O)C(F)(F)F)c2)NC1=O. The molecule has 1 aromatic rings. The van der Waals surface area contributed by atoms with Crippen LogP contribution in [0.2, 0.25) is 0 Å². The van der Waals surface area contributed by atoms with E-state index in [1.807, 2.05) is 0 Å². The summed E-state index contributed by atoms with van der Waals surface area (Å²) >= 11 is 0.800. The van der Waals surface area contributed by atoms with E-state index in [1.54, 1.807) is 0 Å². The van der Waals surface area contributed by atoms with Crippen LogP contribution in [0.1, 0.15) is 5.56 Å². The fourth-order valence-corrected chi connectivity index (χ4v) is 3.24. The molecular weight excluding hydrogens is 411 g/mol. The van der Waals surface area contributed by atoms with Crippen molar-refractivity contribution >= 4 is 44.9 Å². The number of halogens is 3. The van der Waals surface area contributed by atoms with E-state index in [-0.39, 0.29) is 15.6 Å². The molecule has 1 heterocycles. The van der Waals surface area contributed by atoms with Crippen LogP contribution >= 0.6 is 11.8 Å². The van der Waals surface area contributed by atoms with Gasteiger partial charge in [0, 0.05) is 6.08 Å². The number of hydrogen-bond acceptors (Lipinski definition) is 8. The molecule has 1 amide bonds. The maximum atomic E-state index is 12.6. The molecule has 0 bridgehead atoms. The standard InChI is InChI=1S/C14H10F3N3O5S2/c1-25-11(21)6-10-12(22)19-13(26-10)20-18-7-8-3-2-4-9(5-8)27(23,24)14(15,16)17/h2-7H,1H3,(H,19,20,22)/b10-6+,18-7?. The summed E-state index contributed by atoms with van der Waals surface area (Å²) in [6.45, 7) is 0. The lowest BCUT2D eigenvalue weighted by Gasteiger charge is -2.08. The fourth-order valence-electron chi connectivity index (χ4n) is 1.68. The number of nitrogens with one attached hydrogen (secondary N) is 1. The molecule has 1 aliphatic heterocycles. The Bertz CT molecular complexity index is 968. The molecule has 1 aromatic carbocycles. The molecule has 1 aliphatic rings. The maximum absolute atomic E-state index is 12.6. The monoisotopic (exact) mass is 421 g/mol. The minimum Gasteiger partial charge on any atom is -0.466 e. The largest absolute Gasteiger partial charge is 0.501 e. The lowest BCUT2D eigenvalue weighted by molar-refractivity contribution is -0.135. The van der Waals surface area contributed by atoms with Crippen molar-refractivity contribution in [1.29, 1.82) is 0 Å². The van der Waals surface area contributed by atoms with Gasteiger partial charge in [-0.25, -0.2) is 13.2 Å². The van der Waals surface area contributed by atoms with Crippen molar-refractivity contribution in [3.8, 4) is 0 Å². The molecule has 0 aliphatic carbocycles. The number of ether oxygens (including phenoxy) is 1. The number of esters is 1. The molecule has 13 heteroatoms. The van der Waals surface area contributed by atoms with E-state index in [9.17, 15) is 31.2 Å². The maximum Gasteiger partial charge on any atom is 0.501 e. The summed E-state index contributed by atoms with van der Waals surface area (Å²) in [5.41, 5.74) is -5.37. The van der Waals surface area contributed by atoms with Crippen LogP contribution in [0.25, 0.3) is 0 Å². The van der Waals surface area contributed by atoms with E-state index in [0.717, 1.165) is 49.4 Å². The van der Waals surface area contributed by atoms with Crippen LogP contribution in [0.3, 0.4) is 0 Å². The van der Waals surface area contributed by atoms with Crippen LogP contribution in [0, 0.1) is 0 Å². The molecule has 1 fully saturated rings. The quantitative estimate of drug-likeness (QED) is 0.342. The molecule has 0 atom stereocenters. The van der Waals surface area contributed by atoms with Gasteiger partial charge >= 0.3 is 11.5 Å². The summed E-state index contributed by atoms with van der Waals surface area (Å²) in [4.78, 5) is 21.8. The van der Waals surface area contributed by atoms with Crippen LogP contribution in [0.4, 0.5) is 13.2 Å². The fraction of sp³-hybridized carbons (Fsp3) is 0.143.